The Morgan fingerprint density at radius 3 is 2.27 bits per heavy atom. The topological polar surface area (TPSA) is 94.4 Å². The Morgan fingerprint density at radius 2 is 1.63 bits per heavy atom. The number of benzene rings is 1. The molecular formula is C21H22N4O5. The van der Waals surface area contributed by atoms with Gasteiger partial charge in [0.05, 0.1) is 6.26 Å². The third-order valence-corrected chi connectivity index (χ3v) is 5.43. The molecule has 1 atom stereocenters. The van der Waals surface area contributed by atoms with Crippen molar-refractivity contribution < 1.29 is 23.6 Å². The van der Waals surface area contributed by atoms with Gasteiger partial charge in [-0.1, -0.05) is 18.2 Å². The number of rotatable bonds is 4. The average molecular weight is 410 g/mol. The maximum atomic E-state index is 12.8. The lowest BCUT2D eigenvalue weighted by molar-refractivity contribution is -0.138. The van der Waals surface area contributed by atoms with Gasteiger partial charge in [-0.05, 0) is 31.2 Å². The van der Waals surface area contributed by atoms with Crippen LogP contribution in [0.25, 0.3) is 0 Å². The Kier molecular flexibility index (Phi) is 5.26. The second-order valence-electron chi connectivity index (χ2n) is 7.24. The molecule has 30 heavy (non-hydrogen) atoms. The van der Waals surface area contributed by atoms with Gasteiger partial charge in [0.25, 0.3) is 11.8 Å². The smallest absolute Gasteiger partial charge is 0.332 e. The van der Waals surface area contributed by atoms with Crippen molar-refractivity contribution in [3.63, 3.8) is 0 Å². The number of hydrogen-bond acceptors (Lipinski definition) is 5. The van der Waals surface area contributed by atoms with Gasteiger partial charge >= 0.3 is 6.03 Å². The summed E-state index contributed by atoms with van der Waals surface area (Å²) < 4.78 is 5.13. The van der Waals surface area contributed by atoms with E-state index in [4.69, 9.17) is 4.42 Å². The van der Waals surface area contributed by atoms with Gasteiger partial charge in [-0.3, -0.25) is 24.2 Å². The lowest BCUT2D eigenvalue weighted by Gasteiger charge is -2.34. The fourth-order valence-corrected chi connectivity index (χ4v) is 3.74. The maximum Gasteiger partial charge on any atom is 0.332 e. The second kappa shape index (κ2) is 8.02. The first-order valence-corrected chi connectivity index (χ1v) is 9.77. The minimum absolute atomic E-state index is 0.218. The quantitative estimate of drug-likeness (QED) is 0.711. The Labute approximate surface area is 173 Å². The number of piperazine rings is 1. The van der Waals surface area contributed by atoms with Crippen molar-refractivity contribution in [3.8, 4) is 0 Å². The molecule has 0 bridgehead atoms. The summed E-state index contributed by atoms with van der Waals surface area (Å²) in [6.45, 7) is 2.73. The van der Waals surface area contributed by atoms with Crippen LogP contribution in [-0.4, -0.2) is 77.2 Å². The number of amides is 5. The molecule has 1 aromatic carbocycles. The number of para-hydroxylation sites is 1. The van der Waals surface area contributed by atoms with Crippen molar-refractivity contribution in [2.45, 2.75) is 13.0 Å². The summed E-state index contributed by atoms with van der Waals surface area (Å²) in [5.41, 5.74) is 0.614. The molecule has 2 aliphatic heterocycles. The van der Waals surface area contributed by atoms with E-state index in [1.54, 1.807) is 53.1 Å². The first-order valence-electron chi connectivity index (χ1n) is 9.77. The van der Waals surface area contributed by atoms with Gasteiger partial charge in [0.15, 0.2) is 5.76 Å². The van der Waals surface area contributed by atoms with Gasteiger partial charge in [-0.2, -0.15) is 0 Å². The van der Waals surface area contributed by atoms with Crippen LogP contribution in [0.5, 0.6) is 0 Å². The molecule has 1 unspecified atom stereocenters. The molecule has 0 aliphatic carbocycles. The molecule has 3 heterocycles. The molecule has 0 saturated carbocycles. The monoisotopic (exact) mass is 410 g/mol. The molecule has 5 amide bonds. The van der Waals surface area contributed by atoms with Gasteiger partial charge in [0.1, 0.15) is 12.6 Å². The zero-order chi connectivity index (χ0) is 21.3. The van der Waals surface area contributed by atoms with Crippen molar-refractivity contribution in [2.24, 2.45) is 0 Å². The lowest BCUT2D eigenvalue weighted by atomic mass is 10.2. The highest BCUT2D eigenvalue weighted by atomic mass is 16.3. The summed E-state index contributed by atoms with van der Waals surface area (Å²) in [5, 5.41) is 0. The summed E-state index contributed by atoms with van der Waals surface area (Å²) >= 11 is 0. The molecule has 0 radical (unpaired) electrons. The van der Waals surface area contributed by atoms with E-state index in [1.807, 2.05) is 6.07 Å². The number of anilines is 1. The molecule has 0 N–H and O–H groups in total. The summed E-state index contributed by atoms with van der Waals surface area (Å²) in [6, 6.07) is 11.0. The van der Waals surface area contributed by atoms with Crippen molar-refractivity contribution in [3.05, 3.63) is 54.5 Å². The molecule has 2 saturated heterocycles. The number of imide groups is 1. The standard InChI is InChI=1S/C21H22N4O5/c1-15-19(27)24(21(29)25(15)16-6-3-2-4-7-16)14-18(26)22-9-11-23(12-10-22)20(28)17-8-5-13-30-17/h2-8,13,15H,9-12,14H2,1H3. The van der Waals surface area contributed by atoms with Crippen LogP contribution in [-0.2, 0) is 9.59 Å². The number of urea groups is 1. The SMILES string of the molecule is CC1C(=O)N(CC(=O)N2CCN(C(=O)c3ccco3)CC2)C(=O)N1c1ccccc1. The molecule has 2 fully saturated rings. The summed E-state index contributed by atoms with van der Waals surface area (Å²) in [6.07, 6.45) is 1.44. The molecule has 9 nitrogen and oxygen atoms in total. The Bertz CT molecular complexity index is 951. The maximum absolute atomic E-state index is 12.8. The van der Waals surface area contributed by atoms with Crippen LogP contribution in [0.3, 0.4) is 0 Å². The van der Waals surface area contributed by atoms with Crippen molar-refractivity contribution in [1.82, 2.24) is 14.7 Å². The molecule has 156 valence electrons. The number of hydrogen-bond donors (Lipinski definition) is 0. The van der Waals surface area contributed by atoms with Crippen molar-refractivity contribution >= 4 is 29.4 Å². The van der Waals surface area contributed by atoms with Crippen LogP contribution in [0.15, 0.2) is 53.1 Å². The Balaban J connectivity index is 1.37. The van der Waals surface area contributed by atoms with Gasteiger partial charge in [-0.25, -0.2) is 4.79 Å². The first-order chi connectivity index (χ1) is 14.5. The molecule has 2 aromatic rings. The Hall–Kier alpha value is -3.62. The number of carbonyl (C=O) groups excluding carboxylic acids is 4. The van der Waals surface area contributed by atoms with Gasteiger partial charge in [0, 0.05) is 31.9 Å². The Morgan fingerprint density at radius 1 is 0.967 bits per heavy atom. The van der Waals surface area contributed by atoms with Crippen molar-refractivity contribution in [2.75, 3.05) is 37.6 Å². The zero-order valence-corrected chi connectivity index (χ0v) is 16.6. The van der Waals surface area contributed by atoms with E-state index < -0.39 is 18.0 Å². The highest BCUT2D eigenvalue weighted by Crippen LogP contribution is 2.25. The average Bonchev–Trinajstić information content (AvgIpc) is 3.38. The molecule has 1 aromatic heterocycles. The predicted octanol–water partition coefficient (Wildman–Crippen LogP) is 1.42. The molecular weight excluding hydrogens is 388 g/mol. The van der Waals surface area contributed by atoms with Crippen LogP contribution in [0.2, 0.25) is 0 Å². The van der Waals surface area contributed by atoms with Gasteiger partial charge in [-0.15, -0.1) is 0 Å². The number of furan rings is 1. The largest absolute Gasteiger partial charge is 0.459 e. The van der Waals surface area contributed by atoms with E-state index in [0.29, 0.717) is 31.9 Å². The van der Waals surface area contributed by atoms with E-state index >= 15 is 0 Å². The lowest BCUT2D eigenvalue weighted by Crippen LogP contribution is -2.53. The molecule has 0 spiro atoms. The highest BCUT2D eigenvalue weighted by molar-refractivity contribution is 6.15. The third-order valence-electron chi connectivity index (χ3n) is 5.43. The van der Waals surface area contributed by atoms with E-state index in [-0.39, 0.29) is 24.1 Å². The summed E-state index contributed by atoms with van der Waals surface area (Å²) in [5.74, 6) is -0.671. The van der Waals surface area contributed by atoms with Crippen LogP contribution < -0.4 is 4.90 Å². The van der Waals surface area contributed by atoms with Crippen molar-refractivity contribution in [1.29, 1.82) is 0 Å². The molecule has 4 rings (SSSR count). The van der Waals surface area contributed by atoms with E-state index in [9.17, 15) is 19.2 Å². The normalized spacial score (nSPS) is 19.6. The predicted molar refractivity (Wildman–Crippen MR) is 107 cm³/mol. The summed E-state index contributed by atoms with van der Waals surface area (Å²) in [4.78, 5) is 56.1. The third kappa shape index (κ3) is 3.54. The minimum atomic E-state index is -0.671. The summed E-state index contributed by atoms with van der Waals surface area (Å²) in [7, 11) is 0. The molecule has 9 heteroatoms. The van der Waals surface area contributed by atoms with Crippen LogP contribution >= 0.6 is 0 Å². The second-order valence-corrected chi connectivity index (χ2v) is 7.24. The van der Waals surface area contributed by atoms with Crippen LogP contribution in [0.4, 0.5) is 10.5 Å². The zero-order valence-electron chi connectivity index (χ0n) is 16.6. The van der Waals surface area contributed by atoms with E-state index in [1.165, 1.54) is 11.2 Å². The highest BCUT2D eigenvalue weighted by Gasteiger charge is 2.44. The fraction of sp³-hybridized carbons (Fsp3) is 0.333. The van der Waals surface area contributed by atoms with Gasteiger partial charge in [0.2, 0.25) is 5.91 Å². The first kappa shape index (κ1) is 19.7. The van der Waals surface area contributed by atoms with Crippen LogP contribution in [0, 0.1) is 0 Å². The number of carbonyl (C=O) groups is 4. The van der Waals surface area contributed by atoms with Crippen LogP contribution in [0.1, 0.15) is 17.5 Å². The fourth-order valence-electron chi connectivity index (χ4n) is 3.74. The molecule has 2 aliphatic rings. The van der Waals surface area contributed by atoms with E-state index in [2.05, 4.69) is 0 Å². The minimum Gasteiger partial charge on any atom is -0.459 e. The van der Waals surface area contributed by atoms with E-state index in [0.717, 1.165) is 4.90 Å². The number of nitrogens with zero attached hydrogens (tertiary/aromatic N) is 4. The van der Waals surface area contributed by atoms with Gasteiger partial charge < -0.3 is 14.2 Å².